The zero-order chi connectivity index (χ0) is 14.0. The second-order valence-corrected chi connectivity index (χ2v) is 5.22. The Morgan fingerprint density at radius 3 is 2.39 bits per heavy atom. The number of carboxylic acids is 1. The van der Waals surface area contributed by atoms with Gasteiger partial charge >= 0.3 is 5.97 Å². The summed E-state index contributed by atoms with van der Waals surface area (Å²) in [7, 11) is 10.0. The van der Waals surface area contributed by atoms with E-state index in [4.69, 9.17) is 7.85 Å². The number of nitrogens with one attached hydrogen (secondary N) is 1. The molecule has 0 bridgehead atoms. The van der Waals surface area contributed by atoms with Crippen molar-refractivity contribution in [2.75, 3.05) is 33.7 Å². The first-order valence-electron chi connectivity index (χ1n) is 6.80. The Labute approximate surface area is 113 Å². The van der Waals surface area contributed by atoms with Crippen LogP contribution in [-0.2, 0) is 4.79 Å². The van der Waals surface area contributed by atoms with Crippen LogP contribution in [0.1, 0.15) is 39.0 Å². The first-order chi connectivity index (χ1) is 8.42. The molecule has 0 aliphatic heterocycles. The molecule has 0 aliphatic carbocycles. The molecule has 0 spiro atoms. The Morgan fingerprint density at radius 2 is 1.89 bits per heavy atom. The molecule has 0 amide bonds. The number of likely N-dealkylation sites (N-methyl/N-ethyl adjacent to an activating group) is 1. The Balaban J connectivity index is 3.80. The molecule has 0 aromatic rings. The minimum Gasteiger partial charge on any atom is -0.481 e. The number of hydrogen-bond donors (Lipinski definition) is 2. The average Bonchev–Trinajstić information content (AvgIpc) is 2.30. The maximum absolute atomic E-state index is 11.2. The smallest absolute Gasteiger partial charge is 0.300 e. The molecule has 18 heavy (non-hydrogen) atoms. The van der Waals surface area contributed by atoms with Crippen LogP contribution in [-0.4, -0.2) is 57.6 Å². The molecule has 0 rings (SSSR count). The van der Waals surface area contributed by atoms with Crippen molar-refractivity contribution in [3.05, 3.63) is 0 Å². The average molecular weight is 254 g/mol. The van der Waals surface area contributed by atoms with Gasteiger partial charge in [0.25, 0.3) is 0 Å². The molecule has 2 radical (unpaired) electrons. The molecule has 0 saturated carbocycles. The van der Waals surface area contributed by atoms with E-state index in [1.54, 1.807) is 0 Å². The first kappa shape index (κ1) is 17.5. The Bertz CT molecular complexity index is 237. The van der Waals surface area contributed by atoms with Crippen molar-refractivity contribution in [1.29, 1.82) is 0 Å². The lowest BCUT2D eigenvalue weighted by atomic mass is 9.63. The SMILES string of the molecule is [B]C(CCCC)(CCCNCCN(C)C)C(=O)O. The molecular weight excluding hydrogens is 227 g/mol. The van der Waals surface area contributed by atoms with Crippen molar-refractivity contribution in [3.8, 4) is 0 Å². The quantitative estimate of drug-likeness (QED) is 0.433. The molecule has 0 aromatic heterocycles. The van der Waals surface area contributed by atoms with Crippen LogP contribution >= 0.6 is 0 Å². The van der Waals surface area contributed by atoms with E-state index in [0.29, 0.717) is 12.8 Å². The predicted octanol–water partition coefficient (Wildman–Crippen LogP) is 1.52. The zero-order valence-corrected chi connectivity index (χ0v) is 12.0. The molecule has 0 saturated heterocycles. The van der Waals surface area contributed by atoms with E-state index >= 15 is 0 Å². The highest BCUT2D eigenvalue weighted by molar-refractivity contribution is 6.26. The summed E-state index contributed by atoms with van der Waals surface area (Å²) in [5, 5.41) is 11.4. The normalized spacial score (nSPS) is 14.7. The first-order valence-corrected chi connectivity index (χ1v) is 6.80. The maximum atomic E-state index is 11.2. The summed E-state index contributed by atoms with van der Waals surface area (Å²) in [6.45, 7) is 4.78. The molecule has 1 unspecified atom stereocenters. The standard InChI is InChI=1S/C13H27BN2O2/c1-4-5-7-13(14,12(17)18)8-6-9-15-10-11-16(2)3/h15H,4-11H2,1-3H3,(H,17,18). The van der Waals surface area contributed by atoms with Crippen molar-refractivity contribution in [2.45, 2.75) is 44.3 Å². The Kier molecular flexibility index (Phi) is 9.11. The van der Waals surface area contributed by atoms with Crippen molar-refractivity contribution in [3.63, 3.8) is 0 Å². The van der Waals surface area contributed by atoms with Gasteiger partial charge in [-0.3, -0.25) is 4.79 Å². The van der Waals surface area contributed by atoms with Gasteiger partial charge in [-0.1, -0.05) is 19.8 Å². The number of nitrogens with zero attached hydrogens (tertiary/aromatic N) is 1. The van der Waals surface area contributed by atoms with Crippen LogP contribution in [0, 0.1) is 0 Å². The topological polar surface area (TPSA) is 52.6 Å². The van der Waals surface area contributed by atoms with Gasteiger partial charge in [0.2, 0.25) is 0 Å². The largest absolute Gasteiger partial charge is 0.481 e. The zero-order valence-electron chi connectivity index (χ0n) is 12.0. The number of hydrogen-bond acceptors (Lipinski definition) is 3. The third kappa shape index (κ3) is 7.72. The number of aliphatic carboxylic acids is 1. The molecule has 104 valence electrons. The van der Waals surface area contributed by atoms with Gasteiger partial charge in [-0.2, -0.15) is 0 Å². The fourth-order valence-corrected chi connectivity index (χ4v) is 1.79. The van der Waals surface area contributed by atoms with Crippen LogP contribution in [0.3, 0.4) is 0 Å². The summed E-state index contributed by atoms with van der Waals surface area (Å²) < 4.78 is 0. The van der Waals surface area contributed by atoms with E-state index in [2.05, 4.69) is 10.2 Å². The van der Waals surface area contributed by atoms with Gasteiger partial charge in [-0.25, -0.2) is 0 Å². The summed E-state index contributed by atoms with van der Waals surface area (Å²) in [6, 6.07) is 0. The molecule has 0 aromatic carbocycles. The van der Waals surface area contributed by atoms with Gasteiger partial charge in [-0.15, -0.1) is 0 Å². The van der Waals surface area contributed by atoms with E-state index in [1.807, 2.05) is 21.0 Å². The van der Waals surface area contributed by atoms with Crippen LogP contribution in [0.4, 0.5) is 0 Å². The summed E-state index contributed by atoms with van der Waals surface area (Å²) in [5.74, 6) is -0.871. The van der Waals surface area contributed by atoms with E-state index in [9.17, 15) is 9.90 Å². The highest BCUT2D eigenvalue weighted by Gasteiger charge is 2.30. The number of carboxylic acid groups (broad SMARTS) is 1. The molecular formula is C13H27BN2O2. The summed E-state index contributed by atoms with van der Waals surface area (Å²) in [5.41, 5.74) is 0. The highest BCUT2D eigenvalue weighted by Crippen LogP contribution is 2.34. The van der Waals surface area contributed by atoms with E-state index < -0.39 is 11.3 Å². The molecule has 0 aliphatic rings. The van der Waals surface area contributed by atoms with Crippen molar-refractivity contribution >= 4 is 13.8 Å². The Morgan fingerprint density at radius 1 is 1.28 bits per heavy atom. The lowest BCUT2D eigenvalue weighted by molar-refractivity contribution is -0.141. The lowest BCUT2D eigenvalue weighted by Gasteiger charge is -2.25. The molecule has 0 heterocycles. The minimum absolute atomic E-state index is 0.539. The number of carbonyl (C=O) groups is 1. The van der Waals surface area contributed by atoms with Crippen LogP contribution in [0.2, 0.25) is 5.31 Å². The van der Waals surface area contributed by atoms with E-state index in [-0.39, 0.29) is 0 Å². The van der Waals surface area contributed by atoms with Crippen LogP contribution < -0.4 is 5.32 Å². The minimum atomic E-state index is -1.04. The predicted molar refractivity (Wildman–Crippen MR) is 76.3 cm³/mol. The van der Waals surface area contributed by atoms with Crippen molar-refractivity contribution < 1.29 is 9.90 Å². The molecule has 1 atom stereocenters. The van der Waals surface area contributed by atoms with Gasteiger partial charge in [0.15, 0.2) is 0 Å². The van der Waals surface area contributed by atoms with Crippen LogP contribution in [0.25, 0.3) is 0 Å². The fraction of sp³-hybridized carbons (Fsp3) is 0.923. The van der Waals surface area contributed by atoms with Crippen LogP contribution in [0.15, 0.2) is 0 Å². The Hall–Kier alpha value is -0.545. The molecule has 5 heteroatoms. The van der Waals surface area contributed by atoms with Crippen molar-refractivity contribution in [2.24, 2.45) is 0 Å². The van der Waals surface area contributed by atoms with Gasteiger partial charge in [0.1, 0.15) is 0 Å². The molecule has 4 nitrogen and oxygen atoms in total. The second kappa shape index (κ2) is 9.39. The monoisotopic (exact) mass is 254 g/mol. The molecule has 0 fully saturated rings. The third-order valence-corrected chi connectivity index (χ3v) is 3.11. The van der Waals surface area contributed by atoms with Gasteiger partial charge in [-0.05, 0) is 39.9 Å². The number of rotatable bonds is 11. The summed E-state index contributed by atoms with van der Waals surface area (Å²) in [6.07, 6.45) is 3.76. The number of unbranched alkanes of at least 4 members (excludes halogenated alkanes) is 1. The second-order valence-electron chi connectivity index (χ2n) is 5.22. The third-order valence-electron chi connectivity index (χ3n) is 3.11. The summed E-state index contributed by atoms with van der Waals surface area (Å²) in [4.78, 5) is 13.3. The lowest BCUT2D eigenvalue weighted by Crippen LogP contribution is -2.29. The van der Waals surface area contributed by atoms with Gasteiger partial charge in [0, 0.05) is 18.4 Å². The maximum Gasteiger partial charge on any atom is 0.300 e. The van der Waals surface area contributed by atoms with Crippen LogP contribution in [0.5, 0.6) is 0 Å². The van der Waals surface area contributed by atoms with E-state index in [0.717, 1.165) is 38.9 Å². The van der Waals surface area contributed by atoms with Gasteiger partial charge < -0.3 is 15.3 Å². The fourth-order valence-electron chi connectivity index (χ4n) is 1.79. The van der Waals surface area contributed by atoms with E-state index in [1.165, 1.54) is 0 Å². The highest BCUT2D eigenvalue weighted by atomic mass is 16.4. The van der Waals surface area contributed by atoms with Gasteiger partial charge in [0.05, 0.1) is 7.85 Å². The molecule has 2 N–H and O–H groups in total. The van der Waals surface area contributed by atoms with Crippen molar-refractivity contribution in [1.82, 2.24) is 10.2 Å². The summed E-state index contributed by atoms with van der Waals surface area (Å²) >= 11 is 0.